The fourth-order valence-electron chi connectivity index (χ4n) is 2.49. The molecular weight excluding hydrogens is 252 g/mol. The van der Waals surface area contributed by atoms with Crippen LogP contribution in [0.5, 0.6) is 5.75 Å². The Morgan fingerprint density at radius 3 is 2.55 bits per heavy atom. The van der Waals surface area contributed by atoms with E-state index in [9.17, 15) is 4.79 Å². The van der Waals surface area contributed by atoms with E-state index in [2.05, 4.69) is 18.8 Å². The summed E-state index contributed by atoms with van der Waals surface area (Å²) >= 11 is 0. The molecular formula is C16H26N2O2. The summed E-state index contributed by atoms with van der Waals surface area (Å²) in [5, 5.41) is 0. The largest absolute Gasteiger partial charge is 0.496 e. The number of nitrogens with two attached hydrogens (primary N) is 1. The van der Waals surface area contributed by atoms with Gasteiger partial charge in [0, 0.05) is 36.2 Å². The molecule has 4 nitrogen and oxygen atoms in total. The molecule has 4 heteroatoms. The molecule has 0 amide bonds. The summed E-state index contributed by atoms with van der Waals surface area (Å²) in [6, 6.07) is 0. The van der Waals surface area contributed by atoms with Crippen LogP contribution in [0.25, 0.3) is 0 Å². The quantitative estimate of drug-likeness (QED) is 0.832. The smallest absolute Gasteiger partial charge is 0.143 e. The highest BCUT2D eigenvalue weighted by Crippen LogP contribution is 2.25. The molecule has 0 fully saturated rings. The molecule has 0 aliphatic rings. The number of aryl methyl sites for hydroxylation is 1. The molecule has 2 N–H and O–H groups in total. The van der Waals surface area contributed by atoms with E-state index in [4.69, 9.17) is 10.5 Å². The first-order valence-electron chi connectivity index (χ1n) is 7.12. The molecule has 1 heterocycles. The fraction of sp³-hybridized carbons (Fsp3) is 0.625. The molecule has 0 spiro atoms. The summed E-state index contributed by atoms with van der Waals surface area (Å²) in [5.74, 6) is 1.37. The second-order valence-corrected chi connectivity index (χ2v) is 5.75. The van der Waals surface area contributed by atoms with Crippen molar-refractivity contribution >= 4 is 5.78 Å². The van der Waals surface area contributed by atoms with Gasteiger partial charge in [-0.05, 0) is 26.2 Å². The molecule has 1 aromatic heterocycles. The van der Waals surface area contributed by atoms with E-state index < -0.39 is 0 Å². The van der Waals surface area contributed by atoms with Gasteiger partial charge in [0.2, 0.25) is 0 Å². The van der Waals surface area contributed by atoms with Gasteiger partial charge >= 0.3 is 0 Å². The molecule has 112 valence electrons. The summed E-state index contributed by atoms with van der Waals surface area (Å²) in [4.78, 5) is 16.7. The van der Waals surface area contributed by atoms with E-state index in [1.165, 1.54) is 0 Å². The predicted octanol–water partition coefficient (Wildman–Crippen LogP) is 2.44. The molecule has 0 saturated carbocycles. The summed E-state index contributed by atoms with van der Waals surface area (Å²) in [5.41, 5.74) is 8.45. The normalized spacial score (nSPS) is 12.6. The number of methoxy groups -OCH3 is 1. The average molecular weight is 278 g/mol. The number of hydrogen-bond donors (Lipinski definition) is 1. The third-order valence-corrected chi connectivity index (χ3v) is 3.59. The number of ketones is 1. The molecule has 0 bridgehead atoms. The van der Waals surface area contributed by atoms with Crippen molar-refractivity contribution in [3.63, 3.8) is 0 Å². The van der Waals surface area contributed by atoms with E-state index in [0.717, 1.165) is 29.0 Å². The summed E-state index contributed by atoms with van der Waals surface area (Å²) in [7, 11) is 1.64. The predicted molar refractivity (Wildman–Crippen MR) is 81.0 cm³/mol. The minimum absolute atomic E-state index is 0.0801. The molecule has 1 atom stereocenters. The molecule has 0 saturated heterocycles. The SMILES string of the molecule is COc1c(C)cnc(CC(=O)C(CN)CC(C)C)c1C. The maximum atomic E-state index is 12.4. The Kier molecular flexibility index (Phi) is 6.14. The van der Waals surface area contributed by atoms with Gasteiger partial charge in [-0.25, -0.2) is 0 Å². The van der Waals surface area contributed by atoms with Crippen molar-refractivity contribution in [1.82, 2.24) is 4.98 Å². The summed E-state index contributed by atoms with van der Waals surface area (Å²) in [6.07, 6.45) is 2.92. The van der Waals surface area contributed by atoms with Crippen molar-refractivity contribution in [2.75, 3.05) is 13.7 Å². The van der Waals surface area contributed by atoms with Crippen LogP contribution in [0.3, 0.4) is 0 Å². The van der Waals surface area contributed by atoms with Crippen LogP contribution in [-0.4, -0.2) is 24.4 Å². The number of carbonyl (C=O) groups excluding carboxylic acids is 1. The van der Waals surface area contributed by atoms with Crippen molar-refractivity contribution in [3.05, 3.63) is 23.0 Å². The van der Waals surface area contributed by atoms with E-state index in [0.29, 0.717) is 18.9 Å². The van der Waals surface area contributed by atoms with E-state index in [1.54, 1.807) is 13.3 Å². The van der Waals surface area contributed by atoms with Crippen molar-refractivity contribution in [3.8, 4) is 5.75 Å². The van der Waals surface area contributed by atoms with Gasteiger partial charge in [0.1, 0.15) is 11.5 Å². The van der Waals surface area contributed by atoms with Crippen LogP contribution in [0.2, 0.25) is 0 Å². The zero-order valence-electron chi connectivity index (χ0n) is 13.2. The average Bonchev–Trinajstić information content (AvgIpc) is 2.39. The Morgan fingerprint density at radius 2 is 2.05 bits per heavy atom. The maximum absolute atomic E-state index is 12.4. The molecule has 0 aliphatic heterocycles. The molecule has 0 aliphatic carbocycles. The molecule has 1 aromatic rings. The van der Waals surface area contributed by atoms with Gasteiger partial charge in [0.05, 0.1) is 12.8 Å². The van der Waals surface area contributed by atoms with Crippen LogP contribution in [0, 0.1) is 25.7 Å². The van der Waals surface area contributed by atoms with Gasteiger partial charge in [0.15, 0.2) is 0 Å². The molecule has 1 unspecified atom stereocenters. The van der Waals surface area contributed by atoms with Gasteiger partial charge in [-0.1, -0.05) is 13.8 Å². The molecule has 0 aromatic carbocycles. The van der Waals surface area contributed by atoms with E-state index >= 15 is 0 Å². The zero-order chi connectivity index (χ0) is 15.3. The van der Waals surface area contributed by atoms with Gasteiger partial charge in [-0.3, -0.25) is 9.78 Å². The van der Waals surface area contributed by atoms with Gasteiger partial charge in [0.25, 0.3) is 0 Å². The van der Waals surface area contributed by atoms with Crippen LogP contribution in [-0.2, 0) is 11.2 Å². The van der Waals surface area contributed by atoms with Gasteiger partial charge < -0.3 is 10.5 Å². The Morgan fingerprint density at radius 1 is 1.40 bits per heavy atom. The van der Waals surface area contributed by atoms with Crippen molar-refractivity contribution < 1.29 is 9.53 Å². The van der Waals surface area contributed by atoms with Crippen LogP contribution in [0.1, 0.15) is 37.1 Å². The summed E-state index contributed by atoms with van der Waals surface area (Å²) in [6.45, 7) is 8.51. The lowest BCUT2D eigenvalue weighted by Gasteiger charge is -2.17. The highest BCUT2D eigenvalue weighted by Gasteiger charge is 2.20. The summed E-state index contributed by atoms with van der Waals surface area (Å²) < 4.78 is 5.37. The Balaban J connectivity index is 2.90. The number of hydrogen-bond acceptors (Lipinski definition) is 4. The van der Waals surface area contributed by atoms with E-state index in [1.807, 2.05) is 13.8 Å². The Labute approximate surface area is 121 Å². The Hall–Kier alpha value is -1.42. The first-order valence-corrected chi connectivity index (χ1v) is 7.12. The minimum Gasteiger partial charge on any atom is -0.496 e. The van der Waals surface area contributed by atoms with Gasteiger partial charge in [-0.2, -0.15) is 0 Å². The number of pyridine rings is 1. The number of nitrogens with zero attached hydrogens (tertiary/aromatic N) is 1. The topological polar surface area (TPSA) is 65.2 Å². The second kappa shape index (κ2) is 7.39. The number of rotatable bonds is 7. The van der Waals surface area contributed by atoms with Crippen LogP contribution in [0.15, 0.2) is 6.20 Å². The highest BCUT2D eigenvalue weighted by molar-refractivity contribution is 5.83. The second-order valence-electron chi connectivity index (χ2n) is 5.75. The lowest BCUT2D eigenvalue weighted by atomic mass is 9.90. The number of carbonyl (C=O) groups is 1. The van der Waals surface area contributed by atoms with Crippen molar-refractivity contribution in [1.29, 1.82) is 0 Å². The maximum Gasteiger partial charge on any atom is 0.143 e. The molecule has 20 heavy (non-hydrogen) atoms. The van der Waals surface area contributed by atoms with Crippen LogP contribution >= 0.6 is 0 Å². The highest BCUT2D eigenvalue weighted by atomic mass is 16.5. The van der Waals surface area contributed by atoms with E-state index in [-0.39, 0.29) is 11.7 Å². The third kappa shape index (κ3) is 4.04. The third-order valence-electron chi connectivity index (χ3n) is 3.59. The standard InChI is InChI=1S/C16H26N2O2/c1-10(2)6-13(8-17)15(19)7-14-12(4)16(20-5)11(3)9-18-14/h9-10,13H,6-8,17H2,1-5H3. The molecule has 1 rings (SSSR count). The first kappa shape index (κ1) is 16.6. The molecule has 0 radical (unpaired) electrons. The lowest BCUT2D eigenvalue weighted by Crippen LogP contribution is -2.27. The zero-order valence-corrected chi connectivity index (χ0v) is 13.2. The number of ether oxygens (including phenoxy) is 1. The monoisotopic (exact) mass is 278 g/mol. The van der Waals surface area contributed by atoms with Crippen molar-refractivity contribution in [2.24, 2.45) is 17.6 Å². The fourth-order valence-corrected chi connectivity index (χ4v) is 2.49. The van der Waals surface area contributed by atoms with Gasteiger partial charge in [-0.15, -0.1) is 0 Å². The first-order chi connectivity index (χ1) is 9.40. The minimum atomic E-state index is -0.0801. The number of aromatic nitrogens is 1. The Bertz CT molecular complexity index is 470. The van der Waals surface area contributed by atoms with Crippen LogP contribution in [0.4, 0.5) is 0 Å². The lowest BCUT2D eigenvalue weighted by molar-refractivity contribution is -0.122. The number of Topliss-reactive ketones (excluding diaryl/α,β-unsaturated/α-hetero) is 1. The van der Waals surface area contributed by atoms with Crippen molar-refractivity contribution in [2.45, 2.75) is 40.5 Å². The van der Waals surface area contributed by atoms with Crippen LogP contribution < -0.4 is 10.5 Å².